The number of rotatable bonds is 5. The van der Waals surface area contributed by atoms with Crippen LogP contribution in [0.5, 0.6) is 5.88 Å². The normalized spacial score (nSPS) is 21.0. The Morgan fingerprint density at radius 1 is 1.21 bits per heavy atom. The van der Waals surface area contributed by atoms with E-state index in [2.05, 4.69) is 25.0 Å². The maximum atomic E-state index is 14.5. The first kappa shape index (κ1) is 24.2. The zero-order valence-corrected chi connectivity index (χ0v) is 16.8. The van der Waals surface area contributed by atoms with Crippen molar-refractivity contribution in [3.63, 3.8) is 0 Å². The highest BCUT2D eigenvalue weighted by molar-refractivity contribution is 6.02. The van der Waals surface area contributed by atoms with Gasteiger partial charge >= 0.3 is 12.4 Å². The molecule has 1 aliphatic heterocycles. The third kappa shape index (κ3) is 5.49. The Hall–Kier alpha value is -3.45. The van der Waals surface area contributed by atoms with Crippen molar-refractivity contribution in [2.45, 2.75) is 31.2 Å². The number of hydrogen-bond acceptors (Lipinski definition) is 6. The number of nitrogens with one attached hydrogen (secondary N) is 1. The van der Waals surface area contributed by atoms with Crippen LogP contribution < -0.4 is 15.8 Å². The van der Waals surface area contributed by atoms with Crippen LogP contribution in [0.1, 0.15) is 29.4 Å². The summed E-state index contributed by atoms with van der Waals surface area (Å²) in [6.45, 7) is -0.504. The van der Waals surface area contributed by atoms with Crippen LogP contribution >= 0.6 is 0 Å². The Morgan fingerprint density at radius 3 is 2.48 bits per heavy atom. The van der Waals surface area contributed by atoms with Gasteiger partial charge in [0.05, 0.1) is 29.7 Å². The van der Waals surface area contributed by atoms with E-state index < -0.39 is 60.0 Å². The molecular formula is C19H16F7N5O2. The highest BCUT2D eigenvalue weighted by Gasteiger charge is 2.56. The van der Waals surface area contributed by atoms with Gasteiger partial charge in [-0.05, 0) is 25.1 Å². The number of nitrogens with zero attached hydrogens (tertiary/aromatic N) is 3. The fraction of sp³-hybridized carbons (Fsp3) is 0.368. The maximum absolute atomic E-state index is 14.5. The van der Waals surface area contributed by atoms with E-state index >= 15 is 0 Å². The number of halogens is 7. The third-order valence-electron chi connectivity index (χ3n) is 4.88. The van der Waals surface area contributed by atoms with Crippen molar-refractivity contribution in [1.82, 2.24) is 9.97 Å². The summed E-state index contributed by atoms with van der Waals surface area (Å²) in [6.07, 6.45) is -8.27. The number of aromatic nitrogens is 2. The Bertz CT molecular complexity index is 1070. The molecule has 0 saturated carbocycles. The average molecular weight is 479 g/mol. The molecule has 2 atom stereocenters. The van der Waals surface area contributed by atoms with Crippen LogP contribution in [0, 0.1) is 11.7 Å². The molecule has 0 fully saturated rings. The van der Waals surface area contributed by atoms with Crippen LogP contribution in [-0.2, 0) is 5.54 Å². The number of amides is 1. The van der Waals surface area contributed by atoms with Gasteiger partial charge in [0.15, 0.2) is 6.61 Å². The lowest BCUT2D eigenvalue weighted by molar-refractivity contribution is -0.187. The molecule has 1 aromatic heterocycles. The summed E-state index contributed by atoms with van der Waals surface area (Å²) in [5, 5.41) is 2.32. The molecule has 0 saturated heterocycles. The number of amidine groups is 1. The summed E-state index contributed by atoms with van der Waals surface area (Å²) in [4.78, 5) is 23.4. The van der Waals surface area contributed by atoms with E-state index in [9.17, 15) is 35.5 Å². The zero-order chi connectivity index (χ0) is 24.6. The van der Waals surface area contributed by atoms with Gasteiger partial charge in [0, 0.05) is 17.7 Å². The van der Waals surface area contributed by atoms with Crippen molar-refractivity contribution >= 4 is 17.4 Å². The van der Waals surface area contributed by atoms with Crippen molar-refractivity contribution in [1.29, 1.82) is 0 Å². The Balaban J connectivity index is 1.81. The van der Waals surface area contributed by atoms with Gasteiger partial charge in [-0.1, -0.05) is 0 Å². The fourth-order valence-corrected chi connectivity index (χ4v) is 3.36. The topological polar surface area (TPSA) is 102 Å². The van der Waals surface area contributed by atoms with Gasteiger partial charge in [-0.15, -0.1) is 0 Å². The second-order valence-corrected chi connectivity index (χ2v) is 7.34. The second kappa shape index (κ2) is 8.48. The van der Waals surface area contributed by atoms with Crippen molar-refractivity contribution < 1.29 is 40.3 Å². The molecule has 1 amide bonds. The predicted octanol–water partition coefficient (Wildman–Crippen LogP) is 3.96. The molecule has 0 unspecified atom stereocenters. The summed E-state index contributed by atoms with van der Waals surface area (Å²) in [5.74, 6) is -4.70. The van der Waals surface area contributed by atoms with Crippen LogP contribution in [0.4, 0.5) is 36.4 Å². The minimum absolute atomic E-state index is 0.0709. The number of carbonyl (C=O) groups excluding carboxylic acids is 1. The minimum atomic E-state index is -4.71. The first-order chi connectivity index (χ1) is 15.2. The van der Waals surface area contributed by atoms with Crippen LogP contribution in [0.15, 0.2) is 35.6 Å². The number of hydrogen-bond donors (Lipinski definition) is 2. The SMILES string of the molecule is C[C@@]1(c2cc(NC(=O)c3cnc(OCC(F)(F)F)cn3)ccc2F)N=C(N)C[C@@H]1C(F)(F)F. The molecule has 0 radical (unpaired) electrons. The molecular weight excluding hydrogens is 463 g/mol. The van der Waals surface area contributed by atoms with Crippen molar-refractivity contribution in [2.75, 3.05) is 11.9 Å². The Labute approximate surface area is 181 Å². The van der Waals surface area contributed by atoms with Crippen LogP contribution in [0.3, 0.4) is 0 Å². The lowest BCUT2D eigenvalue weighted by Crippen LogP contribution is -2.38. The molecule has 0 aliphatic carbocycles. The fourth-order valence-electron chi connectivity index (χ4n) is 3.36. The molecule has 2 heterocycles. The van der Waals surface area contributed by atoms with E-state index in [0.29, 0.717) is 0 Å². The summed E-state index contributed by atoms with van der Waals surface area (Å²) >= 11 is 0. The summed E-state index contributed by atoms with van der Waals surface area (Å²) in [7, 11) is 0. The molecule has 178 valence electrons. The predicted molar refractivity (Wildman–Crippen MR) is 101 cm³/mol. The van der Waals surface area contributed by atoms with E-state index in [1.54, 1.807) is 0 Å². The van der Waals surface area contributed by atoms with Gasteiger partial charge in [-0.25, -0.2) is 14.4 Å². The van der Waals surface area contributed by atoms with Gasteiger partial charge in [0.1, 0.15) is 11.5 Å². The van der Waals surface area contributed by atoms with Crippen molar-refractivity contribution in [2.24, 2.45) is 16.6 Å². The first-order valence-corrected chi connectivity index (χ1v) is 9.23. The van der Waals surface area contributed by atoms with Gasteiger partial charge in [-0.2, -0.15) is 26.3 Å². The summed E-state index contributed by atoms with van der Waals surface area (Å²) in [6, 6.07) is 2.98. The number of ether oxygens (including phenoxy) is 1. The number of alkyl halides is 6. The molecule has 33 heavy (non-hydrogen) atoms. The molecule has 0 bridgehead atoms. The van der Waals surface area contributed by atoms with E-state index in [1.165, 1.54) is 0 Å². The van der Waals surface area contributed by atoms with Gasteiger partial charge < -0.3 is 15.8 Å². The standard InChI is InChI=1S/C19H16F7N5O2/c1-17(13(19(24,25)26)5-14(27)31-17)10-4-9(2-3-11(10)20)30-16(32)12-6-29-15(7-28-12)33-8-18(21,22)23/h2-4,6-7,13H,5,8H2,1H3,(H2,27,31)(H,30,32)/t13-,17-/m0/s1. The number of carbonyl (C=O) groups is 1. The number of aliphatic imine (C=N–C) groups is 1. The average Bonchev–Trinajstić information content (AvgIpc) is 3.03. The van der Waals surface area contributed by atoms with Crippen molar-refractivity contribution in [3.8, 4) is 5.88 Å². The molecule has 2 aromatic rings. The van der Waals surface area contributed by atoms with Gasteiger partial charge in [-0.3, -0.25) is 9.79 Å². The first-order valence-electron chi connectivity index (χ1n) is 9.23. The van der Waals surface area contributed by atoms with E-state index in [0.717, 1.165) is 37.5 Å². The van der Waals surface area contributed by atoms with E-state index in [4.69, 9.17) is 5.73 Å². The second-order valence-electron chi connectivity index (χ2n) is 7.34. The van der Waals surface area contributed by atoms with Crippen LogP contribution in [0.25, 0.3) is 0 Å². The third-order valence-corrected chi connectivity index (χ3v) is 4.88. The lowest BCUT2D eigenvalue weighted by atomic mass is 9.79. The minimum Gasteiger partial charge on any atom is -0.467 e. The van der Waals surface area contributed by atoms with Crippen LogP contribution in [0.2, 0.25) is 0 Å². The van der Waals surface area contributed by atoms with E-state index in [-0.39, 0.29) is 17.2 Å². The molecule has 3 N–H and O–H groups in total. The summed E-state index contributed by atoms with van der Waals surface area (Å²) < 4.78 is 95.9. The monoisotopic (exact) mass is 479 g/mol. The van der Waals surface area contributed by atoms with Crippen molar-refractivity contribution in [3.05, 3.63) is 47.7 Å². The number of nitrogens with two attached hydrogens (primary N) is 1. The molecule has 1 aliphatic rings. The zero-order valence-electron chi connectivity index (χ0n) is 16.8. The highest BCUT2D eigenvalue weighted by Crippen LogP contribution is 2.49. The van der Waals surface area contributed by atoms with E-state index in [1.807, 2.05) is 0 Å². The Morgan fingerprint density at radius 2 is 1.91 bits per heavy atom. The quantitative estimate of drug-likeness (QED) is 0.632. The number of anilines is 1. The summed E-state index contributed by atoms with van der Waals surface area (Å²) in [5.41, 5.74) is 2.63. The number of benzene rings is 1. The van der Waals surface area contributed by atoms with Gasteiger partial charge in [0.25, 0.3) is 5.91 Å². The molecule has 14 heteroatoms. The lowest BCUT2D eigenvalue weighted by Gasteiger charge is -2.31. The molecule has 1 aromatic carbocycles. The smallest absolute Gasteiger partial charge is 0.422 e. The Kier molecular flexibility index (Phi) is 6.22. The highest BCUT2D eigenvalue weighted by atomic mass is 19.4. The van der Waals surface area contributed by atoms with Crippen LogP contribution in [-0.4, -0.2) is 40.7 Å². The largest absolute Gasteiger partial charge is 0.467 e. The maximum Gasteiger partial charge on any atom is 0.422 e. The molecule has 3 rings (SSSR count). The van der Waals surface area contributed by atoms with Gasteiger partial charge in [0.2, 0.25) is 5.88 Å². The molecule has 7 nitrogen and oxygen atoms in total. The molecule has 0 spiro atoms.